The molecule has 0 unspecified atom stereocenters. The van der Waals surface area contributed by atoms with Gasteiger partial charge in [-0.05, 0) is 12.5 Å². The van der Waals surface area contributed by atoms with E-state index in [-0.39, 0.29) is 5.91 Å². The van der Waals surface area contributed by atoms with Gasteiger partial charge in [0, 0.05) is 10.7 Å². The lowest BCUT2D eigenvalue weighted by molar-refractivity contribution is -0.121. The number of amides is 1. The number of carbonyl (C=O) groups excluding carboxylic acids is 1. The number of rotatable bonds is 2. The fraction of sp³-hybridized carbons (Fsp3) is 0.364. The van der Waals surface area contributed by atoms with Gasteiger partial charge in [-0.15, -0.1) is 11.8 Å². The summed E-state index contributed by atoms with van der Waals surface area (Å²) in [6.07, 6.45) is 6.47. The lowest BCUT2D eigenvalue weighted by Crippen LogP contribution is -2.39. The van der Waals surface area contributed by atoms with Gasteiger partial charge < -0.3 is 11.1 Å². The van der Waals surface area contributed by atoms with Gasteiger partial charge in [0.25, 0.3) is 0 Å². The van der Waals surface area contributed by atoms with Crippen LogP contribution in [0.25, 0.3) is 0 Å². The average molecular weight is 224 g/mol. The van der Waals surface area contributed by atoms with Gasteiger partial charge in [-0.25, -0.2) is 0 Å². The summed E-state index contributed by atoms with van der Waals surface area (Å²) in [5.41, 5.74) is 6.48. The summed E-state index contributed by atoms with van der Waals surface area (Å²) in [6.45, 7) is 5.69. The fourth-order valence-corrected chi connectivity index (χ4v) is 2.29. The fourth-order valence-electron chi connectivity index (χ4n) is 1.22. The molecule has 0 saturated carbocycles. The van der Waals surface area contributed by atoms with E-state index in [0.29, 0.717) is 5.75 Å². The van der Waals surface area contributed by atoms with Crippen molar-refractivity contribution in [3.8, 4) is 0 Å². The number of hydrogen-bond acceptors (Lipinski definition) is 3. The molecule has 1 fully saturated rings. The molecule has 1 amide bonds. The van der Waals surface area contributed by atoms with Crippen molar-refractivity contribution in [1.82, 2.24) is 5.32 Å². The van der Waals surface area contributed by atoms with Gasteiger partial charge in [0.05, 0.1) is 11.7 Å². The molecule has 0 radical (unpaired) electrons. The predicted molar refractivity (Wildman–Crippen MR) is 65.2 cm³/mol. The van der Waals surface area contributed by atoms with Gasteiger partial charge in [-0.3, -0.25) is 4.79 Å². The van der Waals surface area contributed by atoms with Gasteiger partial charge in [-0.2, -0.15) is 0 Å². The van der Waals surface area contributed by atoms with E-state index in [2.05, 4.69) is 24.9 Å². The van der Waals surface area contributed by atoms with Crippen molar-refractivity contribution in [3.63, 3.8) is 0 Å². The lowest BCUT2D eigenvalue weighted by atomic mass is 10.2. The summed E-state index contributed by atoms with van der Waals surface area (Å²) in [5, 5.41) is 2.80. The standard InChI is InChI=1S/C11H16N2OS/c1-3-5-9-10(6-4-2)15-7-8(12)11(14)13-9/h3,5-6,8H,1,4,7,12H2,2H3,(H,13,14)/b9-5+,10-6+/t8-/m0/s1. The average Bonchev–Trinajstić information content (AvgIpc) is 2.33. The zero-order valence-electron chi connectivity index (χ0n) is 8.82. The van der Waals surface area contributed by atoms with Crippen molar-refractivity contribution in [1.29, 1.82) is 0 Å². The topological polar surface area (TPSA) is 55.1 Å². The van der Waals surface area contributed by atoms with Crippen LogP contribution < -0.4 is 11.1 Å². The molecule has 0 aromatic heterocycles. The molecule has 0 spiro atoms. The Bertz CT molecular complexity index is 321. The van der Waals surface area contributed by atoms with Gasteiger partial charge in [-0.1, -0.05) is 25.7 Å². The molecule has 15 heavy (non-hydrogen) atoms. The monoisotopic (exact) mass is 224 g/mol. The largest absolute Gasteiger partial charge is 0.324 e. The highest BCUT2D eigenvalue weighted by atomic mass is 32.2. The minimum atomic E-state index is -0.439. The van der Waals surface area contributed by atoms with Crippen molar-refractivity contribution in [2.75, 3.05) is 5.75 Å². The summed E-state index contributed by atoms with van der Waals surface area (Å²) in [7, 11) is 0. The van der Waals surface area contributed by atoms with Gasteiger partial charge in [0.1, 0.15) is 0 Å². The highest BCUT2D eigenvalue weighted by Crippen LogP contribution is 2.26. The van der Waals surface area contributed by atoms with E-state index < -0.39 is 6.04 Å². The molecule has 0 bridgehead atoms. The smallest absolute Gasteiger partial charge is 0.242 e. The van der Waals surface area contributed by atoms with E-state index in [4.69, 9.17) is 5.73 Å². The molecule has 3 N–H and O–H groups in total. The van der Waals surface area contributed by atoms with Gasteiger partial charge >= 0.3 is 0 Å². The molecular weight excluding hydrogens is 208 g/mol. The van der Waals surface area contributed by atoms with Crippen molar-refractivity contribution in [3.05, 3.63) is 35.4 Å². The predicted octanol–water partition coefficient (Wildman–Crippen LogP) is 1.54. The first-order chi connectivity index (χ1) is 7.19. The third kappa shape index (κ3) is 3.25. The van der Waals surface area contributed by atoms with Crippen LogP contribution >= 0.6 is 11.8 Å². The van der Waals surface area contributed by atoms with Gasteiger partial charge in [0.15, 0.2) is 0 Å². The number of nitrogens with one attached hydrogen (secondary N) is 1. The zero-order chi connectivity index (χ0) is 11.3. The molecule has 1 aliphatic heterocycles. The minimum Gasteiger partial charge on any atom is -0.324 e. The Morgan fingerprint density at radius 2 is 2.47 bits per heavy atom. The van der Waals surface area contributed by atoms with E-state index in [0.717, 1.165) is 17.0 Å². The normalized spacial score (nSPS) is 27.6. The van der Waals surface area contributed by atoms with Crippen LogP contribution in [-0.4, -0.2) is 17.7 Å². The van der Waals surface area contributed by atoms with Crippen molar-refractivity contribution < 1.29 is 4.79 Å². The Kier molecular flexibility index (Phi) is 4.65. The third-order valence-electron chi connectivity index (χ3n) is 1.95. The zero-order valence-corrected chi connectivity index (χ0v) is 9.64. The van der Waals surface area contributed by atoms with Crippen LogP contribution in [0.15, 0.2) is 35.4 Å². The van der Waals surface area contributed by atoms with Crippen LogP contribution in [0.5, 0.6) is 0 Å². The number of hydrogen-bond donors (Lipinski definition) is 2. The molecule has 1 atom stereocenters. The maximum atomic E-state index is 11.5. The summed E-state index contributed by atoms with van der Waals surface area (Å²) >= 11 is 1.61. The first kappa shape index (κ1) is 12.1. The maximum absolute atomic E-state index is 11.5. The molecule has 3 nitrogen and oxygen atoms in total. The summed E-state index contributed by atoms with van der Waals surface area (Å²) < 4.78 is 0. The Morgan fingerprint density at radius 3 is 3.07 bits per heavy atom. The Balaban J connectivity index is 2.96. The molecule has 4 heteroatoms. The number of thioether (sulfide) groups is 1. The second-order valence-electron chi connectivity index (χ2n) is 3.20. The van der Waals surface area contributed by atoms with Crippen molar-refractivity contribution in [2.45, 2.75) is 19.4 Å². The highest BCUT2D eigenvalue weighted by Gasteiger charge is 2.21. The van der Waals surface area contributed by atoms with Crippen LogP contribution in [0.4, 0.5) is 0 Å². The van der Waals surface area contributed by atoms with Crippen LogP contribution in [0.1, 0.15) is 13.3 Å². The first-order valence-electron chi connectivity index (χ1n) is 4.91. The summed E-state index contributed by atoms with van der Waals surface area (Å²) in [6, 6.07) is -0.439. The molecule has 0 aromatic rings. The minimum absolute atomic E-state index is 0.130. The quantitative estimate of drug-likeness (QED) is 0.748. The van der Waals surface area contributed by atoms with Crippen molar-refractivity contribution >= 4 is 17.7 Å². The van der Waals surface area contributed by atoms with E-state index in [9.17, 15) is 4.79 Å². The molecule has 1 heterocycles. The number of allylic oxidation sites excluding steroid dienone is 3. The second-order valence-corrected chi connectivity index (χ2v) is 4.26. The van der Waals surface area contributed by atoms with Crippen LogP contribution in [-0.2, 0) is 4.79 Å². The summed E-state index contributed by atoms with van der Waals surface area (Å²) in [5.74, 6) is 0.488. The Labute approximate surface area is 94.5 Å². The van der Waals surface area contributed by atoms with Gasteiger partial charge in [0.2, 0.25) is 5.91 Å². The molecular formula is C11H16N2OS. The summed E-state index contributed by atoms with van der Waals surface area (Å²) in [4.78, 5) is 12.6. The Hall–Kier alpha value is -1.00. The molecule has 1 saturated heterocycles. The van der Waals surface area contributed by atoms with E-state index in [1.807, 2.05) is 0 Å². The molecule has 0 aliphatic carbocycles. The lowest BCUT2D eigenvalue weighted by Gasteiger charge is -2.07. The SMILES string of the molecule is C=C/C=C1/NC(=O)[C@@H](N)CS/C1=C/CC. The Morgan fingerprint density at radius 1 is 1.73 bits per heavy atom. The first-order valence-corrected chi connectivity index (χ1v) is 5.90. The second kappa shape index (κ2) is 5.78. The van der Waals surface area contributed by atoms with E-state index in [1.165, 1.54) is 0 Å². The molecule has 0 aromatic carbocycles. The third-order valence-corrected chi connectivity index (χ3v) is 3.18. The van der Waals surface area contributed by atoms with E-state index in [1.54, 1.807) is 23.9 Å². The molecule has 1 aliphatic rings. The van der Waals surface area contributed by atoms with E-state index >= 15 is 0 Å². The van der Waals surface area contributed by atoms with Crippen molar-refractivity contribution in [2.24, 2.45) is 5.73 Å². The number of nitrogens with two attached hydrogens (primary N) is 1. The van der Waals surface area contributed by atoms with Crippen LogP contribution in [0, 0.1) is 0 Å². The molecule has 82 valence electrons. The highest BCUT2D eigenvalue weighted by molar-refractivity contribution is 8.03. The van der Waals surface area contributed by atoms with Crippen LogP contribution in [0.2, 0.25) is 0 Å². The number of carbonyl (C=O) groups is 1. The molecule has 1 rings (SSSR count). The van der Waals surface area contributed by atoms with Crippen LogP contribution in [0.3, 0.4) is 0 Å². The maximum Gasteiger partial charge on any atom is 0.242 e.